The van der Waals surface area contributed by atoms with Gasteiger partial charge in [-0.05, 0) is 44.9 Å². The molecule has 2 aliphatic heterocycles. The molecule has 4 nitrogen and oxygen atoms in total. The Bertz CT molecular complexity index is 545. The van der Waals surface area contributed by atoms with Crippen LogP contribution in [0.15, 0.2) is 29.2 Å². The Morgan fingerprint density at radius 1 is 1.10 bits per heavy atom. The van der Waals surface area contributed by atoms with Crippen LogP contribution in [0.5, 0.6) is 0 Å². The minimum absolute atomic E-state index is 0. The van der Waals surface area contributed by atoms with Crippen LogP contribution < -0.4 is 5.32 Å². The van der Waals surface area contributed by atoms with Gasteiger partial charge in [0.15, 0.2) is 0 Å². The Morgan fingerprint density at radius 3 is 2.45 bits per heavy atom. The van der Waals surface area contributed by atoms with Gasteiger partial charge in [0, 0.05) is 18.6 Å². The van der Waals surface area contributed by atoms with Crippen LogP contribution in [-0.4, -0.2) is 37.9 Å². The standard InChI is InChI=1S/C14H20N2O2S.ClH/c1-11-2-6-14(7-3-11)19(17,18)16-12-4-5-13(16)10-15-9-8-12;/h2-3,6-7,12-13,15H,4-5,8-10H2,1H3;1H. The molecule has 112 valence electrons. The van der Waals surface area contributed by atoms with E-state index in [-0.39, 0.29) is 24.5 Å². The first-order valence-electron chi connectivity index (χ1n) is 6.90. The van der Waals surface area contributed by atoms with E-state index in [1.54, 1.807) is 16.4 Å². The molecular weight excluding hydrogens is 296 g/mol. The molecule has 20 heavy (non-hydrogen) atoms. The molecule has 3 rings (SSSR count). The third-order valence-electron chi connectivity index (χ3n) is 4.18. The third-order valence-corrected chi connectivity index (χ3v) is 6.20. The second-order valence-corrected chi connectivity index (χ2v) is 7.37. The van der Waals surface area contributed by atoms with E-state index < -0.39 is 10.0 Å². The number of hydrogen-bond donors (Lipinski definition) is 1. The molecule has 0 radical (unpaired) electrons. The van der Waals surface area contributed by atoms with Gasteiger partial charge in [-0.15, -0.1) is 12.4 Å². The molecule has 1 N–H and O–H groups in total. The van der Waals surface area contributed by atoms with Crippen LogP contribution in [0.2, 0.25) is 0 Å². The fourth-order valence-corrected chi connectivity index (χ4v) is 5.06. The zero-order valence-corrected chi connectivity index (χ0v) is 13.2. The molecular formula is C14H21ClN2O2S. The third kappa shape index (κ3) is 2.72. The highest BCUT2D eigenvalue weighted by molar-refractivity contribution is 7.89. The molecule has 0 amide bonds. The van der Waals surface area contributed by atoms with Crippen LogP contribution >= 0.6 is 12.4 Å². The van der Waals surface area contributed by atoms with Crippen LogP contribution in [0.4, 0.5) is 0 Å². The van der Waals surface area contributed by atoms with Crippen molar-refractivity contribution >= 4 is 22.4 Å². The summed E-state index contributed by atoms with van der Waals surface area (Å²) in [5.74, 6) is 0. The summed E-state index contributed by atoms with van der Waals surface area (Å²) >= 11 is 0. The lowest BCUT2D eigenvalue weighted by Crippen LogP contribution is -2.42. The van der Waals surface area contributed by atoms with Crippen molar-refractivity contribution in [3.63, 3.8) is 0 Å². The van der Waals surface area contributed by atoms with E-state index in [0.29, 0.717) is 4.90 Å². The van der Waals surface area contributed by atoms with Crippen molar-refractivity contribution in [1.82, 2.24) is 9.62 Å². The maximum atomic E-state index is 12.8. The van der Waals surface area contributed by atoms with Crippen LogP contribution in [-0.2, 0) is 10.0 Å². The fourth-order valence-electron chi connectivity index (χ4n) is 3.16. The van der Waals surface area contributed by atoms with E-state index in [1.165, 1.54) is 0 Å². The van der Waals surface area contributed by atoms with E-state index in [0.717, 1.165) is 37.9 Å². The number of nitrogens with one attached hydrogen (secondary N) is 1. The number of rotatable bonds is 2. The molecule has 2 fully saturated rings. The number of benzene rings is 1. The van der Waals surface area contributed by atoms with E-state index in [2.05, 4.69) is 5.32 Å². The quantitative estimate of drug-likeness (QED) is 0.907. The molecule has 1 aromatic carbocycles. The van der Waals surface area contributed by atoms with Crippen molar-refractivity contribution < 1.29 is 8.42 Å². The molecule has 2 bridgehead atoms. The zero-order chi connectivity index (χ0) is 13.5. The zero-order valence-electron chi connectivity index (χ0n) is 11.6. The molecule has 0 aromatic heterocycles. The van der Waals surface area contributed by atoms with Crippen LogP contribution in [0.1, 0.15) is 24.8 Å². The average Bonchev–Trinajstić information content (AvgIpc) is 2.64. The van der Waals surface area contributed by atoms with E-state index in [9.17, 15) is 8.42 Å². The van der Waals surface area contributed by atoms with Gasteiger partial charge in [0.25, 0.3) is 0 Å². The first kappa shape index (κ1) is 15.8. The molecule has 2 saturated heterocycles. The summed E-state index contributed by atoms with van der Waals surface area (Å²) < 4.78 is 27.4. The van der Waals surface area contributed by atoms with Gasteiger partial charge < -0.3 is 5.32 Å². The van der Waals surface area contributed by atoms with E-state index in [4.69, 9.17) is 0 Å². The van der Waals surface area contributed by atoms with Gasteiger partial charge in [-0.1, -0.05) is 17.7 Å². The highest BCUT2D eigenvalue weighted by Gasteiger charge is 2.42. The molecule has 2 aliphatic rings. The normalized spacial score (nSPS) is 26.9. The van der Waals surface area contributed by atoms with Crippen LogP contribution in [0.25, 0.3) is 0 Å². The van der Waals surface area contributed by atoms with Gasteiger partial charge in [0.1, 0.15) is 0 Å². The second kappa shape index (κ2) is 6.02. The number of nitrogens with zero attached hydrogens (tertiary/aromatic N) is 1. The predicted octanol–water partition coefficient (Wildman–Crippen LogP) is 1.93. The summed E-state index contributed by atoms with van der Waals surface area (Å²) in [4.78, 5) is 0.428. The number of fused-ring (bicyclic) bond motifs is 2. The summed E-state index contributed by atoms with van der Waals surface area (Å²) in [6.45, 7) is 3.67. The lowest BCUT2D eigenvalue weighted by Gasteiger charge is -2.26. The Balaban J connectivity index is 0.00000147. The highest BCUT2D eigenvalue weighted by atomic mass is 35.5. The first-order valence-corrected chi connectivity index (χ1v) is 8.34. The topological polar surface area (TPSA) is 49.4 Å². The van der Waals surface area contributed by atoms with Gasteiger partial charge in [0.05, 0.1) is 4.90 Å². The summed E-state index contributed by atoms with van der Waals surface area (Å²) in [7, 11) is -3.34. The lowest BCUT2D eigenvalue weighted by atomic mass is 10.1. The van der Waals surface area contributed by atoms with Gasteiger partial charge in [0.2, 0.25) is 10.0 Å². The molecule has 2 unspecified atom stereocenters. The van der Waals surface area contributed by atoms with Crippen molar-refractivity contribution in [2.24, 2.45) is 0 Å². The van der Waals surface area contributed by atoms with Gasteiger partial charge in [-0.25, -0.2) is 8.42 Å². The minimum Gasteiger partial charge on any atom is -0.315 e. The molecule has 0 saturated carbocycles. The van der Waals surface area contributed by atoms with Gasteiger partial charge >= 0.3 is 0 Å². The number of aryl methyl sites for hydroxylation is 1. The maximum Gasteiger partial charge on any atom is 0.243 e. The average molecular weight is 317 g/mol. The van der Waals surface area contributed by atoms with E-state index >= 15 is 0 Å². The van der Waals surface area contributed by atoms with Crippen molar-refractivity contribution in [1.29, 1.82) is 0 Å². The number of hydrogen-bond acceptors (Lipinski definition) is 3. The Hall–Kier alpha value is -0.620. The summed E-state index contributed by atoms with van der Waals surface area (Å²) in [5, 5.41) is 3.34. The molecule has 2 atom stereocenters. The molecule has 0 spiro atoms. The summed E-state index contributed by atoms with van der Waals surface area (Å²) in [6.07, 6.45) is 2.89. The van der Waals surface area contributed by atoms with Gasteiger partial charge in [-0.2, -0.15) is 4.31 Å². The van der Waals surface area contributed by atoms with Gasteiger partial charge in [-0.3, -0.25) is 0 Å². The largest absolute Gasteiger partial charge is 0.315 e. The minimum atomic E-state index is -3.34. The predicted molar refractivity (Wildman–Crippen MR) is 81.7 cm³/mol. The maximum absolute atomic E-state index is 12.8. The van der Waals surface area contributed by atoms with Crippen molar-refractivity contribution in [2.45, 2.75) is 43.2 Å². The Morgan fingerprint density at radius 2 is 1.75 bits per heavy atom. The summed E-state index contributed by atoms with van der Waals surface area (Å²) in [6, 6.07) is 7.48. The van der Waals surface area contributed by atoms with E-state index in [1.807, 2.05) is 19.1 Å². The summed E-state index contributed by atoms with van der Waals surface area (Å²) in [5.41, 5.74) is 1.08. The van der Waals surface area contributed by atoms with Crippen molar-refractivity contribution in [3.8, 4) is 0 Å². The lowest BCUT2D eigenvalue weighted by molar-refractivity contribution is 0.334. The molecule has 0 aliphatic carbocycles. The Labute approximate surface area is 127 Å². The van der Waals surface area contributed by atoms with Crippen LogP contribution in [0.3, 0.4) is 0 Å². The second-order valence-electron chi connectivity index (χ2n) is 5.53. The molecule has 1 aromatic rings. The SMILES string of the molecule is Cc1ccc(S(=O)(=O)N2C3CCNCC2CC3)cc1.Cl. The number of sulfonamides is 1. The van der Waals surface area contributed by atoms with Crippen molar-refractivity contribution in [3.05, 3.63) is 29.8 Å². The van der Waals surface area contributed by atoms with Crippen LogP contribution in [0, 0.1) is 6.92 Å². The number of halogens is 1. The fraction of sp³-hybridized carbons (Fsp3) is 0.571. The van der Waals surface area contributed by atoms with Crippen molar-refractivity contribution in [2.75, 3.05) is 13.1 Å². The molecule has 2 heterocycles. The smallest absolute Gasteiger partial charge is 0.243 e. The molecule has 6 heteroatoms. The highest BCUT2D eigenvalue weighted by Crippen LogP contribution is 2.33. The first-order chi connectivity index (χ1) is 9.09. The monoisotopic (exact) mass is 316 g/mol. The Kier molecular flexibility index (Phi) is 4.74.